The fourth-order valence-corrected chi connectivity index (χ4v) is 3.13. The Morgan fingerprint density at radius 2 is 2.04 bits per heavy atom. The van der Waals surface area contributed by atoms with E-state index in [1.54, 1.807) is 0 Å². The Hall–Kier alpha value is -2.14. The molecule has 1 amide bonds. The zero-order valence-electron chi connectivity index (χ0n) is 13.6. The quantitative estimate of drug-likeness (QED) is 0.892. The number of aromatic nitrogens is 2. The molecule has 1 aliphatic heterocycles. The van der Waals surface area contributed by atoms with Gasteiger partial charge in [-0.25, -0.2) is 0 Å². The first-order chi connectivity index (χ1) is 11.3. The predicted molar refractivity (Wildman–Crippen MR) is 91.2 cm³/mol. The van der Waals surface area contributed by atoms with E-state index in [1.165, 1.54) is 6.42 Å². The summed E-state index contributed by atoms with van der Waals surface area (Å²) in [6.07, 6.45) is 3.38. The van der Waals surface area contributed by atoms with Crippen LogP contribution in [0.25, 0.3) is 11.3 Å². The van der Waals surface area contributed by atoms with Crippen LogP contribution in [0.4, 0.5) is 0 Å². The molecule has 0 aliphatic carbocycles. The van der Waals surface area contributed by atoms with E-state index >= 15 is 0 Å². The third-order valence-corrected chi connectivity index (χ3v) is 4.58. The van der Waals surface area contributed by atoms with Crippen molar-refractivity contribution in [3.8, 4) is 11.3 Å². The molecule has 1 aromatic heterocycles. The van der Waals surface area contributed by atoms with Crippen LogP contribution in [-0.2, 0) is 0 Å². The number of benzene rings is 1. The zero-order chi connectivity index (χ0) is 16.1. The number of carbonyl (C=O) groups is 1. The molecule has 122 valence electrons. The second-order valence-corrected chi connectivity index (χ2v) is 6.16. The number of nitrogens with zero attached hydrogens (tertiary/aromatic N) is 2. The van der Waals surface area contributed by atoms with Gasteiger partial charge in [0.25, 0.3) is 5.91 Å². The molecule has 1 aromatic carbocycles. The molecule has 5 heteroatoms. The summed E-state index contributed by atoms with van der Waals surface area (Å²) in [5.41, 5.74) is 2.42. The van der Waals surface area contributed by atoms with Crippen molar-refractivity contribution < 1.29 is 4.79 Å². The first kappa shape index (κ1) is 15.7. The van der Waals surface area contributed by atoms with Crippen LogP contribution in [0.3, 0.4) is 0 Å². The summed E-state index contributed by atoms with van der Waals surface area (Å²) in [4.78, 5) is 14.6. The van der Waals surface area contributed by atoms with Crippen molar-refractivity contribution in [1.82, 2.24) is 20.4 Å². The number of rotatable bonds is 5. The van der Waals surface area contributed by atoms with E-state index < -0.39 is 0 Å². The molecular formula is C18H24N4O. The highest BCUT2D eigenvalue weighted by atomic mass is 16.2. The van der Waals surface area contributed by atoms with Gasteiger partial charge in [0.15, 0.2) is 0 Å². The highest BCUT2D eigenvalue weighted by molar-refractivity contribution is 5.93. The number of H-pyrrole nitrogens is 1. The molecule has 0 bridgehead atoms. The van der Waals surface area contributed by atoms with Gasteiger partial charge in [0.2, 0.25) is 0 Å². The average molecular weight is 312 g/mol. The highest BCUT2D eigenvalue weighted by Gasteiger charge is 2.24. The van der Waals surface area contributed by atoms with Gasteiger partial charge in [-0.05, 0) is 44.8 Å². The molecule has 2 aromatic rings. The fourth-order valence-electron chi connectivity index (χ4n) is 3.13. The lowest BCUT2D eigenvalue weighted by Crippen LogP contribution is -2.39. The van der Waals surface area contributed by atoms with Crippen molar-refractivity contribution in [3.05, 3.63) is 42.1 Å². The van der Waals surface area contributed by atoms with Gasteiger partial charge in [-0.3, -0.25) is 9.89 Å². The molecule has 0 spiro atoms. The van der Waals surface area contributed by atoms with Crippen LogP contribution < -0.4 is 5.32 Å². The van der Waals surface area contributed by atoms with E-state index in [2.05, 4.69) is 15.5 Å². The third kappa shape index (κ3) is 3.79. The maximum Gasteiger partial charge on any atom is 0.271 e. The van der Waals surface area contributed by atoms with Crippen molar-refractivity contribution in [2.24, 2.45) is 5.92 Å². The molecule has 0 unspecified atom stereocenters. The molecule has 23 heavy (non-hydrogen) atoms. The van der Waals surface area contributed by atoms with Gasteiger partial charge in [-0.2, -0.15) is 5.10 Å². The van der Waals surface area contributed by atoms with Gasteiger partial charge >= 0.3 is 0 Å². The zero-order valence-corrected chi connectivity index (χ0v) is 13.6. The minimum absolute atomic E-state index is 0.0618. The number of hydrogen-bond donors (Lipinski definition) is 2. The SMILES string of the molecule is CNCCC1CCN(C(=O)c2cc(-c3ccccc3)n[nH]2)CC1. The van der Waals surface area contributed by atoms with Gasteiger partial charge in [0, 0.05) is 18.7 Å². The summed E-state index contributed by atoms with van der Waals surface area (Å²) in [5, 5.41) is 10.4. The van der Waals surface area contributed by atoms with Gasteiger partial charge in [0.1, 0.15) is 5.69 Å². The van der Waals surface area contributed by atoms with E-state index in [0.717, 1.165) is 49.7 Å². The number of aromatic amines is 1. The summed E-state index contributed by atoms with van der Waals surface area (Å²) in [5.74, 6) is 0.792. The number of piperidine rings is 1. The second kappa shape index (κ2) is 7.42. The summed E-state index contributed by atoms with van der Waals surface area (Å²) >= 11 is 0. The van der Waals surface area contributed by atoms with Crippen LogP contribution in [0.15, 0.2) is 36.4 Å². The Kier molecular flexibility index (Phi) is 5.08. The lowest BCUT2D eigenvalue weighted by molar-refractivity contribution is 0.0681. The van der Waals surface area contributed by atoms with E-state index in [-0.39, 0.29) is 5.91 Å². The third-order valence-electron chi connectivity index (χ3n) is 4.58. The van der Waals surface area contributed by atoms with E-state index in [9.17, 15) is 4.79 Å². The summed E-state index contributed by atoms with van der Waals surface area (Å²) < 4.78 is 0. The molecule has 3 rings (SSSR count). The van der Waals surface area contributed by atoms with Crippen LogP contribution >= 0.6 is 0 Å². The van der Waals surface area contributed by atoms with Crippen LogP contribution in [0.1, 0.15) is 29.8 Å². The largest absolute Gasteiger partial charge is 0.337 e. The van der Waals surface area contributed by atoms with Gasteiger partial charge in [0.05, 0.1) is 5.69 Å². The van der Waals surface area contributed by atoms with Crippen molar-refractivity contribution in [1.29, 1.82) is 0 Å². The van der Waals surface area contributed by atoms with Crippen LogP contribution in [-0.4, -0.2) is 47.7 Å². The fraction of sp³-hybridized carbons (Fsp3) is 0.444. The molecule has 5 nitrogen and oxygen atoms in total. The maximum atomic E-state index is 12.6. The standard InChI is InChI=1S/C18H24N4O/c1-19-10-7-14-8-11-22(12-9-14)18(23)17-13-16(20-21-17)15-5-3-2-4-6-15/h2-6,13-14,19H,7-12H2,1H3,(H,20,21). The van der Waals surface area contributed by atoms with Crippen molar-refractivity contribution in [2.75, 3.05) is 26.7 Å². The second-order valence-electron chi connectivity index (χ2n) is 6.16. The van der Waals surface area contributed by atoms with Gasteiger partial charge in [-0.1, -0.05) is 30.3 Å². The number of carbonyl (C=O) groups excluding carboxylic acids is 1. The predicted octanol–water partition coefficient (Wildman–Crippen LogP) is 2.54. The molecule has 1 aliphatic rings. The summed E-state index contributed by atoms with van der Waals surface area (Å²) in [6.45, 7) is 2.74. The average Bonchev–Trinajstić information content (AvgIpc) is 3.11. The number of nitrogens with one attached hydrogen (secondary N) is 2. The van der Waals surface area contributed by atoms with Crippen molar-refractivity contribution in [3.63, 3.8) is 0 Å². The first-order valence-corrected chi connectivity index (χ1v) is 8.32. The summed E-state index contributed by atoms with van der Waals surface area (Å²) in [7, 11) is 1.99. The molecule has 1 saturated heterocycles. The molecule has 1 fully saturated rings. The van der Waals surface area contributed by atoms with Crippen LogP contribution in [0.5, 0.6) is 0 Å². The van der Waals surface area contributed by atoms with Crippen LogP contribution in [0.2, 0.25) is 0 Å². The Balaban J connectivity index is 1.60. The molecule has 0 atom stereocenters. The number of likely N-dealkylation sites (tertiary alicyclic amines) is 1. The molecular weight excluding hydrogens is 288 g/mol. The van der Waals surface area contributed by atoms with Crippen LogP contribution in [0, 0.1) is 5.92 Å². The van der Waals surface area contributed by atoms with Gasteiger partial charge < -0.3 is 10.2 Å². The smallest absolute Gasteiger partial charge is 0.271 e. The lowest BCUT2D eigenvalue weighted by atomic mass is 9.93. The van der Waals surface area contributed by atoms with E-state index in [4.69, 9.17) is 0 Å². The van der Waals surface area contributed by atoms with Gasteiger partial charge in [-0.15, -0.1) is 0 Å². The van der Waals surface area contributed by atoms with E-state index in [0.29, 0.717) is 5.69 Å². The Labute approximate surface area is 137 Å². The lowest BCUT2D eigenvalue weighted by Gasteiger charge is -2.31. The monoisotopic (exact) mass is 312 g/mol. The Morgan fingerprint density at radius 3 is 2.74 bits per heavy atom. The minimum atomic E-state index is 0.0618. The molecule has 0 saturated carbocycles. The maximum absolute atomic E-state index is 12.6. The number of hydrogen-bond acceptors (Lipinski definition) is 3. The molecule has 0 radical (unpaired) electrons. The summed E-state index contributed by atoms with van der Waals surface area (Å²) in [6, 6.07) is 11.8. The highest BCUT2D eigenvalue weighted by Crippen LogP contribution is 2.22. The molecule has 2 N–H and O–H groups in total. The van der Waals surface area contributed by atoms with Crippen molar-refractivity contribution in [2.45, 2.75) is 19.3 Å². The normalized spacial score (nSPS) is 15.8. The minimum Gasteiger partial charge on any atom is -0.337 e. The topological polar surface area (TPSA) is 61.0 Å². The molecule has 2 heterocycles. The Morgan fingerprint density at radius 1 is 1.30 bits per heavy atom. The Bertz CT molecular complexity index is 629. The first-order valence-electron chi connectivity index (χ1n) is 8.32. The van der Waals surface area contributed by atoms with E-state index in [1.807, 2.05) is 48.3 Å². The number of amides is 1. The van der Waals surface area contributed by atoms with Crippen molar-refractivity contribution >= 4 is 5.91 Å².